The monoisotopic (exact) mass is 373 g/mol. The van der Waals surface area contributed by atoms with Gasteiger partial charge in [0.15, 0.2) is 0 Å². The maximum absolute atomic E-state index is 12.3. The fraction of sp³-hybridized carbons (Fsp3) is 0.368. The van der Waals surface area contributed by atoms with E-state index in [0.717, 1.165) is 11.4 Å². The van der Waals surface area contributed by atoms with Crippen molar-refractivity contribution in [3.63, 3.8) is 0 Å². The smallest absolute Gasteiger partial charge is 0.371 e. The summed E-state index contributed by atoms with van der Waals surface area (Å²) in [6.07, 6.45) is 0. The molecule has 2 aromatic rings. The molecule has 1 aromatic heterocycles. The first-order valence-electron chi connectivity index (χ1n) is 8.90. The number of aromatic carboxylic acids is 1. The number of carboxylic acid groups (broad SMARTS) is 1. The van der Waals surface area contributed by atoms with Crippen LogP contribution in [0.25, 0.3) is 0 Å². The third kappa shape index (κ3) is 4.52. The van der Waals surface area contributed by atoms with Gasteiger partial charge in [0.05, 0.1) is 18.8 Å². The minimum atomic E-state index is -1.13. The first-order valence-corrected chi connectivity index (χ1v) is 8.90. The number of hydrogen-bond acceptors (Lipinski definition) is 5. The van der Waals surface area contributed by atoms with Gasteiger partial charge < -0.3 is 29.4 Å². The molecule has 0 unspecified atom stereocenters. The van der Waals surface area contributed by atoms with Gasteiger partial charge in [-0.3, -0.25) is 0 Å². The molecule has 0 bridgehead atoms. The highest BCUT2D eigenvalue weighted by molar-refractivity contribution is 5.84. The molecule has 1 fully saturated rings. The van der Waals surface area contributed by atoms with Crippen LogP contribution < -0.4 is 15.0 Å². The first-order chi connectivity index (χ1) is 13.1. The topological polar surface area (TPSA) is 95.2 Å². The number of carbonyl (C=O) groups is 2. The van der Waals surface area contributed by atoms with Crippen LogP contribution in [0, 0.1) is 0 Å². The van der Waals surface area contributed by atoms with E-state index in [1.165, 1.54) is 6.07 Å². The number of amides is 2. The molecule has 0 aliphatic carbocycles. The fourth-order valence-electron chi connectivity index (χ4n) is 3.01. The Morgan fingerprint density at radius 2 is 1.89 bits per heavy atom. The summed E-state index contributed by atoms with van der Waals surface area (Å²) in [5.74, 6) is -0.00755. The molecule has 1 aromatic carbocycles. The second kappa shape index (κ2) is 8.48. The Hall–Kier alpha value is -3.16. The van der Waals surface area contributed by atoms with Crippen molar-refractivity contribution < 1.29 is 23.8 Å². The normalized spacial score (nSPS) is 14.1. The molecule has 0 radical (unpaired) electrons. The average molecular weight is 373 g/mol. The lowest BCUT2D eigenvalue weighted by Crippen LogP contribution is -2.51. The Kier molecular flexibility index (Phi) is 5.85. The minimum absolute atomic E-state index is 0.138. The maximum Gasteiger partial charge on any atom is 0.371 e. The summed E-state index contributed by atoms with van der Waals surface area (Å²) in [7, 11) is 0. The van der Waals surface area contributed by atoms with Crippen LogP contribution in [-0.2, 0) is 6.54 Å². The van der Waals surface area contributed by atoms with Crippen molar-refractivity contribution in [1.82, 2.24) is 10.2 Å². The summed E-state index contributed by atoms with van der Waals surface area (Å²) in [5.41, 5.74) is 1.04. The van der Waals surface area contributed by atoms with E-state index < -0.39 is 5.97 Å². The zero-order chi connectivity index (χ0) is 19.2. The number of carbonyl (C=O) groups excluding carboxylic acids is 1. The molecule has 2 N–H and O–H groups in total. The largest absolute Gasteiger partial charge is 0.492 e. The van der Waals surface area contributed by atoms with Crippen molar-refractivity contribution in [2.75, 3.05) is 37.7 Å². The lowest BCUT2D eigenvalue weighted by molar-refractivity contribution is 0.0660. The van der Waals surface area contributed by atoms with Gasteiger partial charge in [-0.2, -0.15) is 0 Å². The second-order valence-corrected chi connectivity index (χ2v) is 6.10. The van der Waals surface area contributed by atoms with Gasteiger partial charge in [-0.25, -0.2) is 9.59 Å². The Morgan fingerprint density at radius 3 is 2.56 bits per heavy atom. The van der Waals surface area contributed by atoms with Gasteiger partial charge in [-0.1, -0.05) is 12.1 Å². The van der Waals surface area contributed by atoms with Crippen LogP contribution >= 0.6 is 0 Å². The number of hydrogen-bond donors (Lipinski definition) is 2. The van der Waals surface area contributed by atoms with Crippen molar-refractivity contribution in [2.24, 2.45) is 0 Å². The highest BCUT2D eigenvalue weighted by Gasteiger charge is 2.23. The SMILES string of the molecule is CCOc1ccccc1N1CCN(C(=O)NCc2ccc(C(=O)O)o2)CC1. The van der Waals surface area contributed by atoms with Crippen LogP contribution in [0.15, 0.2) is 40.8 Å². The second-order valence-electron chi connectivity index (χ2n) is 6.10. The van der Waals surface area contributed by atoms with Gasteiger partial charge in [-0.05, 0) is 31.2 Å². The third-order valence-electron chi connectivity index (χ3n) is 4.36. The predicted molar refractivity (Wildman–Crippen MR) is 99.3 cm³/mol. The first kappa shape index (κ1) is 18.6. The molecule has 27 heavy (non-hydrogen) atoms. The summed E-state index contributed by atoms with van der Waals surface area (Å²) in [6.45, 7) is 5.31. The van der Waals surface area contributed by atoms with Gasteiger partial charge in [-0.15, -0.1) is 0 Å². The van der Waals surface area contributed by atoms with Crippen LogP contribution in [0.4, 0.5) is 10.5 Å². The molecule has 1 aliphatic heterocycles. The molecule has 1 aliphatic rings. The molecule has 8 heteroatoms. The average Bonchev–Trinajstić information content (AvgIpc) is 3.16. The number of ether oxygens (including phenoxy) is 1. The number of nitrogens with zero attached hydrogens (tertiary/aromatic N) is 2. The summed E-state index contributed by atoms with van der Waals surface area (Å²) < 4.78 is 10.8. The van der Waals surface area contributed by atoms with Gasteiger partial charge in [0.1, 0.15) is 11.5 Å². The van der Waals surface area contributed by atoms with E-state index in [4.69, 9.17) is 14.3 Å². The van der Waals surface area contributed by atoms with E-state index in [0.29, 0.717) is 38.5 Å². The Morgan fingerprint density at radius 1 is 1.15 bits per heavy atom. The molecular formula is C19H23N3O5. The van der Waals surface area contributed by atoms with Crippen molar-refractivity contribution in [3.05, 3.63) is 47.9 Å². The number of benzene rings is 1. The van der Waals surface area contributed by atoms with Crippen LogP contribution in [0.2, 0.25) is 0 Å². The minimum Gasteiger partial charge on any atom is -0.492 e. The number of anilines is 1. The highest BCUT2D eigenvalue weighted by atomic mass is 16.5. The molecule has 2 heterocycles. The molecular weight excluding hydrogens is 350 g/mol. The van der Waals surface area contributed by atoms with Gasteiger partial charge >= 0.3 is 12.0 Å². The van der Waals surface area contributed by atoms with Gasteiger partial charge in [0.25, 0.3) is 0 Å². The Labute approximate surface area is 157 Å². The Balaban J connectivity index is 1.51. The molecule has 0 atom stereocenters. The number of furan rings is 1. The molecule has 1 saturated heterocycles. The number of piperazine rings is 1. The van der Waals surface area contributed by atoms with E-state index in [1.54, 1.807) is 11.0 Å². The van der Waals surface area contributed by atoms with Crippen molar-refractivity contribution >= 4 is 17.7 Å². The van der Waals surface area contributed by atoms with Crippen LogP contribution in [0.5, 0.6) is 5.75 Å². The lowest BCUT2D eigenvalue weighted by Gasteiger charge is -2.36. The summed E-state index contributed by atoms with van der Waals surface area (Å²) >= 11 is 0. The number of nitrogens with one attached hydrogen (secondary N) is 1. The van der Waals surface area contributed by atoms with Crippen LogP contribution in [-0.4, -0.2) is 54.8 Å². The van der Waals surface area contributed by atoms with Crippen molar-refractivity contribution in [3.8, 4) is 5.75 Å². The third-order valence-corrected chi connectivity index (χ3v) is 4.36. The van der Waals surface area contributed by atoms with Crippen molar-refractivity contribution in [2.45, 2.75) is 13.5 Å². The summed E-state index contributed by atoms with van der Waals surface area (Å²) in [4.78, 5) is 27.1. The van der Waals surface area contributed by atoms with Crippen LogP contribution in [0.3, 0.4) is 0 Å². The van der Waals surface area contributed by atoms with Gasteiger partial charge in [0, 0.05) is 26.2 Å². The summed E-state index contributed by atoms with van der Waals surface area (Å²) in [5, 5.41) is 11.6. The number of para-hydroxylation sites is 2. The van der Waals surface area contributed by atoms with Crippen LogP contribution in [0.1, 0.15) is 23.2 Å². The maximum atomic E-state index is 12.3. The molecule has 2 amide bonds. The molecule has 144 valence electrons. The van der Waals surface area contributed by atoms with E-state index in [9.17, 15) is 9.59 Å². The highest BCUT2D eigenvalue weighted by Crippen LogP contribution is 2.28. The number of urea groups is 1. The summed E-state index contributed by atoms with van der Waals surface area (Å²) in [6, 6.07) is 10.6. The molecule has 3 rings (SSSR count). The van der Waals surface area contributed by atoms with Crippen molar-refractivity contribution in [1.29, 1.82) is 0 Å². The molecule has 8 nitrogen and oxygen atoms in total. The quantitative estimate of drug-likeness (QED) is 0.807. The number of carboxylic acids is 1. The zero-order valence-corrected chi connectivity index (χ0v) is 15.2. The number of rotatable bonds is 6. The Bertz CT molecular complexity index is 796. The zero-order valence-electron chi connectivity index (χ0n) is 15.2. The predicted octanol–water partition coefficient (Wildman–Crippen LogP) is 2.41. The van der Waals surface area contributed by atoms with E-state index >= 15 is 0 Å². The standard InChI is InChI=1S/C19H23N3O5/c1-2-26-16-6-4-3-5-15(16)21-9-11-22(12-10-21)19(25)20-13-14-7-8-17(27-14)18(23)24/h3-8H,2,9-13H2,1H3,(H,20,25)(H,23,24). The molecule has 0 saturated carbocycles. The van der Waals surface area contributed by atoms with Gasteiger partial charge in [0.2, 0.25) is 5.76 Å². The molecule has 0 spiro atoms. The van der Waals surface area contributed by atoms with E-state index in [1.807, 2.05) is 31.2 Å². The van der Waals surface area contributed by atoms with E-state index in [-0.39, 0.29) is 18.3 Å². The fourth-order valence-corrected chi connectivity index (χ4v) is 3.01. The van der Waals surface area contributed by atoms with E-state index in [2.05, 4.69) is 10.2 Å². The lowest BCUT2D eigenvalue weighted by atomic mass is 10.2.